The number of carboxylic acid groups (broad SMARTS) is 1. The van der Waals surface area contributed by atoms with E-state index in [9.17, 15) is 14.7 Å². The number of carbonyl (C=O) groups excluding carboxylic acids is 1. The number of aromatic nitrogens is 4. The van der Waals surface area contributed by atoms with Crippen molar-refractivity contribution in [1.29, 1.82) is 0 Å². The first-order valence-electron chi connectivity index (χ1n) is 8.50. The summed E-state index contributed by atoms with van der Waals surface area (Å²) in [5.41, 5.74) is -0.387. The summed E-state index contributed by atoms with van der Waals surface area (Å²) in [6, 6.07) is 8.48. The smallest absolute Gasteiger partial charge is 0.331 e. The van der Waals surface area contributed by atoms with Gasteiger partial charge in [-0.2, -0.15) is 10.2 Å². The number of carboxylic acids is 1. The number of rotatable bonds is 4. The molecule has 3 aromatic rings. The molecule has 1 amide bonds. The van der Waals surface area contributed by atoms with E-state index in [4.69, 9.17) is 4.42 Å². The van der Waals surface area contributed by atoms with Gasteiger partial charge in [-0.3, -0.25) is 9.48 Å². The van der Waals surface area contributed by atoms with E-state index in [-0.39, 0.29) is 37.5 Å². The lowest BCUT2D eigenvalue weighted by molar-refractivity contribution is -0.150. The summed E-state index contributed by atoms with van der Waals surface area (Å²) in [7, 11) is 0. The third-order valence-corrected chi connectivity index (χ3v) is 4.87. The zero-order valence-electron chi connectivity index (χ0n) is 14.4. The molecule has 0 atom stereocenters. The van der Waals surface area contributed by atoms with Crippen molar-refractivity contribution in [3.05, 3.63) is 54.7 Å². The van der Waals surface area contributed by atoms with Crippen molar-refractivity contribution >= 4 is 11.9 Å². The topological polar surface area (TPSA) is 114 Å². The Kier molecular flexibility index (Phi) is 4.19. The molecule has 1 aliphatic rings. The van der Waals surface area contributed by atoms with Crippen molar-refractivity contribution in [3.8, 4) is 11.5 Å². The molecule has 0 spiro atoms. The van der Waals surface area contributed by atoms with Gasteiger partial charge in [0.2, 0.25) is 0 Å². The first-order valence-corrected chi connectivity index (χ1v) is 8.50. The summed E-state index contributed by atoms with van der Waals surface area (Å²) in [5, 5.41) is 21.9. The van der Waals surface area contributed by atoms with E-state index >= 15 is 0 Å². The van der Waals surface area contributed by atoms with E-state index < -0.39 is 11.5 Å². The van der Waals surface area contributed by atoms with Gasteiger partial charge in [0.25, 0.3) is 5.91 Å². The standard InChI is InChI=1S/C18H17N5O4/c24-16(14-3-1-8-19-20-14)22-10-6-18(7-11-22,17(25)26)23-9-5-13(21-23)15-4-2-12-27-15/h1-5,8-9,12H,6-7,10-11H2,(H,25,26). The number of furan rings is 1. The van der Waals surface area contributed by atoms with Crippen LogP contribution in [-0.4, -0.2) is 55.0 Å². The van der Waals surface area contributed by atoms with Crippen molar-refractivity contribution in [3.63, 3.8) is 0 Å². The van der Waals surface area contributed by atoms with E-state index in [0.29, 0.717) is 11.5 Å². The monoisotopic (exact) mass is 367 g/mol. The number of hydrogen-bond acceptors (Lipinski definition) is 6. The Labute approximate surface area is 154 Å². The molecule has 0 unspecified atom stereocenters. The number of hydrogen-bond donors (Lipinski definition) is 1. The van der Waals surface area contributed by atoms with Crippen LogP contribution >= 0.6 is 0 Å². The Hall–Kier alpha value is -3.49. The molecule has 1 saturated heterocycles. The Morgan fingerprint density at radius 1 is 1.15 bits per heavy atom. The second-order valence-corrected chi connectivity index (χ2v) is 6.36. The van der Waals surface area contributed by atoms with Gasteiger partial charge in [-0.1, -0.05) is 0 Å². The Morgan fingerprint density at radius 3 is 2.59 bits per heavy atom. The van der Waals surface area contributed by atoms with Gasteiger partial charge in [0.15, 0.2) is 17.0 Å². The molecule has 4 heterocycles. The minimum absolute atomic E-state index is 0.244. The number of amides is 1. The fourth-order valence-electron chi connectivity index (χ4n) is 3.32. The second kappa shape index (κ2) is 6.67. The summed E-state index contributed by atoms with van der Waals surface area (Å²) >= 11 is 0. The van der Waals surface area contributed by atoms with Gasteiger partial charge in [-0.15, -0.1) is 5.10 Å². The van der Waals surface area contributed by atoms with Crippen molar-refractivity contribution < 1.29 is 19.1 Å². The summed E-state index contributed by atoms with van der Waals surface area (Å²) < 4.78 is 6.79. The lowest BCUT2D eigenvalue weighted by atomic mass is 9.87. The minimum Gasteiger partial charge on any atom is -0.479 e. The van der Waals surface area contributed by atoms with Crippen LogP contribution in [0.3, 0.4) is 0 Å². The van der Waals surface area contributed by atoms with Crippen LogP contribution in [0.1, 0.15) is 23.3 Å². The third-order valence-electron chi connectivity index (χ3n) is 4.87. The number of aliphatic carboxylic acids is 1. The SMILES string of the molecule is O=C(c1cccnn1)N1CCC(C(=O)O)(n2ccc(-c3ccco3)n2)CC1. The first-order chi connectivity index (χ1) is 13.1. The predicted octanol–water partition coefficient (Wildman–Crippen LogP) is 1.65. The normalized spacial score (nSPS) is 16.2. The quantitative estimate of drug-likeness (QED) is 0.745. The zero-order valence-corrected chi connectivity index (χ0v) is 14.4. The molecule has 9 heteroatoms. The lowest BCUT2D eigenvalue weighted by Crippen LogP contribution is -2.52. The van der Waals surface area contributed by atoms with Crippen LogP contribution in [0.15, 0.2) is 53.4 Å². The van der Waals surface area contributed by atoms with Crippen molar-refractivity contribution in [2.75, 3.05) is 13.1 Å². The average Bonchev–Trinajstić information content (AvgIpc) is 3.40. The van der Waals surface area contributed by atoms with Gasteiger partial charge in [-0.05, 0) is 30.3 Å². The maximum absolute atomic E-state index is 12.5. The van der Waals surface area contributed by atoms with Gasteiger partial charge in [-0.25, -0.2) is 4.79 Å². The molecular formula is C18H17N5O4. The number of nitrogens with zero attached hydrogens (tertiary/aromatic N) is 5. The van der Waals surface area contributed by atoms with Crippen molar-refractivity contribution in [1.82, 2.24) is 24.9 Å². The number of carbonyl (C=O) groups is 2. The van der Waals surface area contributed by atoms with Crippen LogP contribution in [0.2, 0.25) is 0 Å². The molecule has 4 rings (SSSR count). The second-order valence-electron chi connectivity index (χ2n) is 6.36. The van der Waals surface area contributed by atoms with E-state index in [0.717, 1.165) is 0 Å². The van der Waals surface area contributed by atoms with E-state index in [1.165, 1.54) is 17.1 Å². The van der Waals surface area contributed by atoms with E-state index in [1.807, 2.05) is 0 Å². The third kappa shape index (κ3) is 2.97. The highest BCUT2D eigenvalue weighted by Gasteiger charge is 2.45. The highest BCUT2D eigenvalue weighted by Crippen LogP contribution is 2.32. The van der Waals surface area contributed by atoms with Crippen LogP contribution in [0.4, 0.5) is 0 Å². The average molecular weight is 367 g/mol. The molecular weight excluding hydrogens is 350 g/mol. The summed E-state index contributed by atoms with van der Waals surface area (Å²) in [6.45, 7) is 0.579. The summed E-state index contributed by atoms with van der Waals surface area (Å²) in [4.78, 5) is 26.2. The maximum Gasteiger partial charge on any atom is 0.331 e. The fraction of sp³-hybridized carbons (Fsp3) is 0.278. The maximum atomic E-state index is 12.5. The zero-order chi connectivity index (χ0) is 18.9. The van der Waals surface area contributed by atoms with Crippen LogP contribution in [0.25, 0.3) is 11.5 Å². The summed E-state index contributed by atoms with van der Waals surface area (Å²) in [5.74, 6) is -0.647. The Bertz CT molecular complexity index is 943. The lowest BCUT2D eigenvalue weighted by Gasteiger charge is -2.38. The first kappa shape index (κ1) is 17.0. The van der Waals surface area contributed by atoms with Crippen LogP contribution in [-0.2, 0) is 10.3 Å². The van der Waals surface area contributed by atoms with E-state index in [1.54, 1.807) is 41.4 Å². The molecule has 1 aliphatic heterocycles. The minimum atomic E-state index is -1.20. The largest absolute Gasteiger partial charge is 0.479 e. The molecule has 1 N–H and O–H groups in total. The summed E-state index contributed by atoms with van der Waals surface area (Å²) in [6.07, 6.45) is 5.17. The molecule has 1 fully saturated rings. The number of piperidine rings is 1. The highest BCUT2D eigenvalue weighted by molar-refractivity contribution is 5.92. The van der Waals surface area contributed by atoms with Crippen LogP contribution < -0.4 is 0 Å². The van der Waals surface area contributed by atoms with Crippen LogP contribution in [0, 0.1) is 0 Å². The fourth-order valence-corrected chi connectivity index (χ4v) is 3.32. The highest BCUT2D eigenvalue weighted by atomic mass is 16.4. The molecule has 3 aromatic heterocycles. The van der Waals surface area contributed by atoms with Gasteiger partial charge in [0.1, 0.15) is 5.69 Å². The van der Waals surface area contributed by atoms with E-state index in [2.05, 4.69) is 15.3 Å². The van der Waals surface area contributed by atoms with Crippen molar-refractivity contribution in [2.45, 2.75) is 18.4 Å². The van der Waals surface area contributed by atoms with Gasteiger partial charge in [0.05, 0.1) is 6.26 Å². The van der Waals surface area contributed by atoms with Gasteiger partial charge in [0, 0.05) is 38.3 Å². The molecule has 27 heavy (non-hydrogen) atoms. The molecule has 0 saturated carbocycles. The number of likely N-dealkylation sites (tertiary alicyclic amines) is 1. The molecule has 9 nitrogen and oxygen atoms in total. The molecule has 138 valence electrons. The van der Waals surface area contributed by atoms with Gasteiger partial charge >= 0.3 is 5.97 Å². The Morgan fingerprint density at radius 2 is 1.96 bits per heavy atom. The van der Waals surface area contributed by atoms with Crippen molar-refractivity contribution in [2.24, 2.45) is 0 Å². The molecule has 0 aliphatic carbocycles. The van der Waals surface area contributed by atoms with Gasteiger partial charge < -0.3 is 14.4 Å². The molecule has 0 aromatic carbocycles. The Balaban J connectivity index is 1.55. The molecule has 0 bridgehead atoms. The molecule has 0 radical (unpaired) electrons. The van der Waals surface area contributed by atoms with Crippen LogP contribution in [0.5, 0.6) is 0 Å². The predicted molar refractivity (Wildman–Crippen MR) is 92.7 cm³/mol.